The van der Waals surface area contributed by atoms with Crippen molar-refractivity contribution in [3.63, 3.8) is 0 Å². The van der Waals surface area contributed by atoms with Crippen LogP contribution in [0.25, 0.3) is 0 Å². The Morgan fingerprint density at radius 1 is 0.438 bits per heavy atom. The topological polar surface area (TPSA) is 61.0 Å². The first-order chi connectivity index (χ1) is 14.7. The molecule has 4 aliphatic rings. The monoisotopic (exact) mass is 452 g/mol. The highest BCUT2D eigenvalue weighted by atomic mass is 16.7. The lowest BCUT2D eigenvalue weighted by Crippen LogP contribution is -2.60. The fraction of sp³-hybridized carbons (Fsp3) is 1.00. The van der Waals surface area contributed by atoms with Gasteiger partial charge >= 0.3 is 0 Å². The first kappa shape index (κ1) is 24.9. The van der Waals surface area contributed by atoms with Crippen molar-refractivity contribution in [2.75, 3.05) is 26.4 Å². The highest BCUT2D eigenvalue weighted by Gasteiger charge is 2.45. The van der Waals surface area contributed by atoms with Crippen LogP contribution in [0.3, 0.4) is 0 Å². The molecule has 0 aromatic heterocycles. The molecule has 4 aliphatic heterocycles. The van der Waals surface area contributed by atoms with Crippen LogP contribution in [-0.2, 0) is 18.9 Å². The molecule has 0 atom stereocenters. The van der Waals surface area contributed by atoms with Crippen LogP contribution in [0.2, 0.25) is 0 Å². The third kappa shape index (κ3) is 6.05. The van der Waals surface area contributed by atoms with E-state index in [0.717, 1.165) is 52.1 Å². The lowest BCUT2D eigenvalue weighted by atomic mass is 9.75. The summed E-state index contributed by atoms with van der Waals surface area (Å²) in [5.74, 6) is 1.54. The third-order valence-electron chi connectivity index (χ3n) is 7.78. The molecule has 0 amide bonds. The molecule has 0 spiro atoms. The lowest BCUT2D eigenvalue weighted by molar-refractivity contribution is -0.274. The fourth-order valence-corrected chi connectivity index (χ4v) is 7.34. The van der Waals surface area contributed by atoms with Crippen molar-refractivity contribution in [1.29, 1.82) is 0 Å². The molecular formula is C26H48N2O4. The van der Waals surface area contributed by atoms with E-state index in [1.807, 2.05) is 0 Å². The molecule has 0 saturated carbocycles. The summed E-state index contributed by atoms with van der Waals surface area (Å²) in [6, 6.07) is 0. The van der Waals surface area contributed by atoms with Gasteiger partial charge in [0.1, 0.15) is 0 Å². The number of ether oxygens (including phenoxy) is 4. The van der Waals surface area contributed by atoms with Crippen LogP contribution in [0.5, 0.6) is 0 Å². The van der Waals surface area contributed by atoms with Gasteiger partial charge in [0.25, 0.3) is 0 Å². The molecular weight excluding hydrogens is 404 g/mol. The van der Waals surface area contributed by atoms with Crippen LogP contribution in [0.4, 0.5) is 0 Å². The van der Waals surface area contributed by atoms with Crippen molar-refractivity contribution in [2.45, 2.75) is 116 Å². The average Bonchev–Trinajstić information content (AvgIpc) is 2.63. The second-order valence-electron chi connectivity index (χ2n) is 13.7. The van der Waals surface area contributed by atoms with Crippen molar-refractivity contribution in [3.05, 3.63) is 0 Å². The van der Waals surface area contributed by atoms with Crippen LogP contribution in [-0.4, -0.2) is 61.2 Å². The molecule has 2 N–H and O–H groups in total. The van der Waals surface area contributed by atoms with Gasteiger partial charge in [0.15, 0.2) is 12.6 Å². The SMILES string of the molecule is CC1(C)CC(C2OCC(C3COC(C4CC(C)(C)NC(C)(C)C4)OC3)CO2)CC(C)(C)N1. The molecule has 6 nitrogen and oxygen atoms in total. The molecule has 4 fully saturated rings. The van der Waals surface area contributed by atoms with Gasteiger partial charge in [-0.25, -0.2) is 0 Å². The fourth-order valence-electron chi connectivity index (χ4n) is 7.34. The first-order valence-corrected chi connectivity index (χ1v) is 12.8. The van der Waals surface area contributed by atoms with Crippen molar-refractivity contribution in [3.8, 4) is 0 Å². The van der Waals surface area contributed by atoms with E-state index in [1.165, 1.54) is 0 Å². The predicted molar refractivity (Wildman–Crippen MR) is 126 cm³/mol. The van der Waals surface area contributed by atoms with Crippen molar-refractivity contribution < 1.29 is 18.9 Å². The van der Waals surface area contributed by atoms with Gasteiger partial charge in [0.05, 0.1) is 26.4 Å². The molecule has 0 bridgehead atoms. The van der Waals surface area contributed by atoms with E-state index in [4.69, 9.17) is 18.9 Å². The highest BCUT2D eigenvalue weighted by Crippen LogP contribution is 2.40. The highest BCUT2D eigenvalue weighted by molar-refractivity contribution is 4.99. The van der Waals surface area contributed by atoms with E-state index in [9.17, 15) is 0 Å². The van der Waals surface area contributed by atoms with E-state index in [-0.39, 0.29) is 34.7 Å². The van der Waals surface area contributed by atoms with Crippen LogP contribution in [0.1, 0.15) is 81.1 Å². The van der Waals surface area contributed by atoms with Gasteiger partial charge in [-0.2, -0.15) is 0 Å². The Labute approximate surface area is 195 Å². The molecule has 32 heavy (non-hydrogen) atoms. The zero-order valence-corrected chi connectivity index (χ0v) is 21.8. The predicted octanol–water partition coefficient (Wildman–Crippen LogP) is 4.08. The normalized spacial score (nSPS) is 40.1. The maximum Gasteiger partial charge on any atom is 0.160 e. The summed E-state index contributed by atoms with van der Waals surface area (Å²) in [5, 5.41) is 7.51. The number of nitrogens with one attached hydrogen (secondary N) is 2. The number of rotatable bonds is 3. The first-order valence-electron chi connectivity index (χ1n) is 12.8. The molecule has 4 saturated heterocycles. The summed E-state index contributed by atoms with van der Waals surface area (Å²) >= 11 is 0. The second-order valence-corrected chi connectivity index (χ2v) is 13.7. The molecule has 186 valence electrons. The van der Waals surface area contributed by atoms with Gasteiger partial charge in [-0.15, -0.1) is 0 Å². The van der Waals surface area contributed by atoms with Gasteiger partial charge < -0.3 is 29.6 Å². The van der Waals surface area contributed by atoms with Crippen molar-refractivity contribution >= 4 is 0 Å². The Morgan fingerprint density at radius 3 is 0.938 bits per heavy atom. The standard InChI is InChI=1S/C26H48N2O4/c1-23(2)9-17(10-24(3,4)27-23)21-29-13-19(14-30-21)20-15-31-22(32-16-20)18-11-25(5,6)28-26(7,8)12-18/h17-22,27-28H,9-16H2,1-8H3. The summed E-state index contributed by atoms with van der Waals surface area (Å²) < 4.78 is 25.2. The van der Waals surface area contributed by atoms with E-state index < -0.39 is 0 Å². The Morgan fingerprint density at radius 2 is 0.688 bits per heavy atom. The Balaban J connectivity index is 1.25. The summed E-state index contributed by atoms with van der Waals surface area (Å²) in [4.78, 5) is 0. The average molecular weight is 453 g/mol. The van der Waals surface area contributed by atoms with Gasteiger partial charge in [-0.3, -0.25) is 0 Å². The molecule has 6 heteroatoms. The van der Waals surface area contributed by atoms with E-state index in [2.05, 4.69) is 66.0 Å². The number of hydrogen-bond acceptors (Lipinski definition) is 6. The smallest absolute Gasteiger partial charge is 0.160 e. The number of hydrogen-bond donors (Lipinski definition) is 2. The van der Waals surface area contributed by atoms with E-state index >= 15 is 0 Å². The van der Waals surface area contributed by atoms with Crippen LogP contribution < -0.4 is 10.6 Å². The molecule has 4 rings (SSSR count). The number of piperidine rings is 2. The third-order valence-corrected chi connectivity index (χ3v) is 7.78. The zero-order valence-electron chi connectivity index (χ0n) is 21.8. The Kier molecular flexibility index (Phi) is 6.81. The Hall–Kier alpha value is -0.240. The molecule has 0 aromatic carbocycles. The largest absolute Gasteiger partial charge is 0.352 e. The minimum absolute atomic E-state index is 0.0933. The molecule has 0 aromatic rings. The van der Waals surface area contributed by atoms with Gasteiger partial charge in [0.2, 0.25) is 0 Å². The van der Waals surface area contributed by atoms with Crippen molar-refractivity contribution in [1.82, 2.24) is 10.6 Å². The minimum Gasteiger partial charge on any atom is -0.352 e. The summed E-state index contributed by atoms with van der Waals surface area (Å²) in [6.07, 6.45) is 4.12. The second kappa shape index (κ2) is 8.76. The molecule has 0 radical (unpaired) electrons. The molecule has 0 unspecified atom stereocenters. The van der Waals surface area contributed by atoms with Gasteiger partial charge in [-0.1, -0.05) is 0 Å². The summed E-state index contributed by atoms with van der Waals surface area (Å²) in [5.41, 5.74) is 0.420. The van der Waals surface area contributed by atoms with Crippen LogP contribution in [0, 0.1) is 23.7 Å². The molecule has 0 aliphatic carbocycles. The zero-order chi connectivity index (χ0) is 23.4. The van der Waals surface area contributed by atoms with E-state index in [1.54, 1.807) is 0 Å². The van der Waals surface area contributed by atoms with Crippen LogP contribution >= 0.6 is 0 Å². The maximum atomic E-state index is 6.30. The summed E-state index contributed by atoms with van der Waals surface area (Å²) in [7, 11) is 0. The van der Waals surface area contributed by atoms with Gasteiger partial charge in [0, 0.05) is 45.8 Å². The Bertz CT molecular complexity index is 558. The van der Waals surface area contributed by atoms with Gasteiger partial charge in [-0.05, 0) is 81.1 Å². The quantitative estimate of drug-likeness (QED) is 0.673. The van der Waals surface area contributed by atoms with Crippen molar-refractivity contribution in [2.24, 2.45) is 23.7 Å². The van der Waals surface area contributed by atoms with Crippen LogP contribution in [0.15, 0.2) is 0 Å². The van der Waals surface area contributed by atoms with E-state index in [0.29, 0.717) is 23.7 Å². The minimum atomic E-state index is -0.0933. The summed E-state index contributed by atoms with van der Waals surface area (Å²) in [6.45, 7) is 21.2. The lowest BCUT2D eigenvalue weighted by Gasteiger charge is -2.50. The molecule has 4 heterocycles. The maximum absolute atomic E-state index is 6.30.